The van der Waals surface area contributed by atoms with Gasteiger partial charge in [-0.25, -0.2) is 9.69 Å². The molecule has 0 radical (unpaired) electrons. The van der Waals surface area contributed by atoms with Crippen LogP contribution in [0.15, 0.2) is 54.6 Å². The summed E-state index contributed by atoms with van der Waals surface area (Å²) in [6, 6.07) is 11.6. The summed E-state index contributed by atoms with van der Waals surface area (Å²) in [6.45, 7) is -0.589. The van der Waals surface area contributed by atoms with E-state index in [-0.39, 0.29) is 18.7 Å². The van der Waals surface area contributed by atoms with Gasteiger partial charge in [-0.3, -0.25) is 9.59 Å². The van der Waals surface area contributed by atoms with Gasteiger partial charge in [-0.1, -0.05) is 36.4 Å². The van der Waals surface area contributed by atoms with E-state index in [0.29, 0.717) is 5.56 Å². The number of ether oxygens (including phenoxy) is 1. The molecule has 1 saturated heterocycles. The Morgan fingerprint density at radius 3 is 2.43 bits per heavy atom. The lowest BCUT2D eigenvalue weighted by atomic mass is 10.0. The molecule has 3 amide bonds. The Kier molecular flexibility index (Phi) is 5.34. The van der Waals surface area contributed by atoms with Gasteiger partial charge in [-0.05, 0) is 23.8 Å². The van der Waals surface area contributed by atoms with Crippen LogP contribution in [-0.4, -0.2) is 36.0 Å². The zero-order chi connectivity index (χ0) is 20.3. The summed E-state index contributed by atoms with van der Waals surface area (Å²) in [7, 11) is 0. The van der Waals surface area contributed by atoms with Crippen LogP contribution in [0.3, 0.4) is 0 Å². The van der Waals surface area contributed by atoms with Crippen molar-refractivity contribution in [1.82, 2.24) is 10.2 Å². The normalized spacial score (nSPS) is 15.3. The molecule has 0 bridgehead atoms. The molecular weight excluding hydrogens is 377 g/mol. The third-order valence-corrected chi connectivity index (χ3v) is 4.17. The van der Waals surface area contributed by atoms with Crippen LogP contribution < -0.4 is 5.32 Å². The van der Waals surface area contributed by atoms with Gasteiger partial charge in [0, 0.05) is 5.56 Å². The van der Waals surface area contributed by atoms with Crippen LogP contribution in [0.4, 0.5) is 18.0 Å². The minimum atomic E-state index is -4.58. The fourth-order valence-electron chi connectivity index (χ4n) is 2.74. The third-order valence-electron chi connectivity index (χ3n) is 4.17. The topological polar surface area (TPSA) is 75.7 Å². The van der Waals surface area contributed by atoms with Crippen LogP contribution in [0.2, 0.25) is 0 Å². The maximum atomic E-state index is 12.9. The van der Waals surface area contributed by atoms with Crippen LogP contribution in [0.25, 0.3) is 0 Å². The fraction of sp³-hybridized carbons (Fsp3) is 0.211. The molecule has 0 aromatic heterocycles. The van der Waals surface area contributed by atoms with E-state index < -0.39 is 35.7 Å². The molecule has 0 saturated carbocycles. The molecule has 146 valence electrons. The summed E-state index contributed by atoms with van der Waals surface area (Å²) in [6.07, 6.45) is -5.42. The first-order valence-electron chi connectivity index (χ1n) is 8.26. The Bertz CT molecular complexity index is 884. The van der Waals surface area contributed by atoms with Crippen LogP contribution in [0, 0.1) is 0 Å². The van der Waals surface area contributed by atoms with Gasteiger partial charge >= 0.3 is 12.3 Å². The van der Waals surface area contributed by atoms with Crippen LogP contribution >= 0.6 is 0 Å². The summed E-state index contributed by atoms with van der Waals surface area (Å²) >= 11 is 0. The molecule has 2 aromatic rings. The van der Waals surface area contributed by atoms with Crippen LogP contribution in [0.1, 0.15) is 27.5 Å². The van der Waals surface area contributed by atoms with Gasteiger partial charge in [0.2, 0.25) is 0 Å². The highest BCUT2D eigenvalue weighted by molar-refractivity contribution is 5.98. The van der Waals surface area contributed by atoms with E-state index in [1.54, 1.807) is 30.3 Å². The molecule has 1 aliphatic heterocycles. The summed E-state index contributed by atoms with van der Waals surface area (Å²) < 4.78 is 43.3. The molecular formula is C19H15F3N2O4. The van der Waals surface area contributed by atoms with Gasteiger partial charge in [-0.2, -0.15) is 13.2 Å². The first-order valence-corrected chi connectivity index (χ1v) is 8.26. The smallest absolute Gasteiger partial charge is 0.417 e. The van der Waals surface area contributed by atoms with Gasteiger partial charge in [0.15, 0.2) is 6.61 Å². The largest absolute Gasteiger partial charge is 0.439 e. The highest BCUT2D eigenvalue weighted by Crippen LogP contribution is 2.29. The van der Waals surface area contributed by atoms with Crippen molar-refractivity contribution in [1.29, 1.82) is 0 Å². The number of amides is 3. The number of cyclic esters (lactones) is 1. The number of carbonyl (C=O) groups is 3. The second-order valence-corrected chi connectivity index (χ2v) is 6.07. The second kappa shape index (κ2) is 7.71. The number of alkyl halides is 3. The van der Waals surface area contributed by atoms with E-state index in [9.17, 15) is 27.6 Å². The fourth-order valence-corrected chi connectivity index (χ4v) is 2.74. The first kappa shape index (κ1) is 19.4. The van der Waals surface area contributed by atoms with Crippen molar-refractivity contribution in [3.63, 3.8) is 0 Å². The van der Waals surface area contributed by atoms with E-state index in [1.807, 2.05) is 0 Å². The summed E-state index contributed by atoms with van der Waals surface area (Å²) in [5.41, 5.74) is -0.559. The predicted octanol–water partition coefficient (Wildman–Crippen LogP) is 3.16. The summed E-state index contributed by atoms with van der Waals surface area (Å²) in [5.74, 6) is -1.32. The SMILES string of the molecule is O=C(NC(CN1C(=O)COC1=O)c1ccccc1)c1cccc(C(F)(F)F)c1. The minimum absolute atomic E-state index is 0.189. The molecule has 2 aromatic carbocycles. The van der Waals surface area contributed by atoms with Crippen LogP contribution in [-0.2, 0) is 15.7 Å². The van der Waals surface area contributed by atoms with Gasteiger partial charge < -0.3 is 10.1 Å². The number of halogens is 3. The van der Waals surface area contributed by atoms with Gasteiger partial charge in [0.05, 0.1) is 18.2 Å². The van der Waals surface area contributed by atoms with Crippen molar-refractivity contribution >= 4 is 17.9 Å². The van der Waals surface area contributed by atoms with E-state index in [2.05, 4.69) is 10.1 Å². The Labute approximate surface area is 157 Å². The van der Waals surface area contributed by atoms with E-state index in [0.717, 1.165) is 23.1 Å². The molecule has 6 nitrogen and oxygen atoms in total. The molecule has 3 rings (SSSR count). The van der Waals surface area contributed by atoms with Crippen molar-refractivity contribution in [2.75, 3.05) is 13.2 Å². The Hall–Kier alpha value is -3.36. The Morgan fingerprint density at radius 2 is 1.82 bits per heavy atom. The van der Waals surface area contributed by atoms with Crippen molar-refractivity contribution in [3.8, 4) is 0 Å². The lowest BCUT2D eigenvalue weighted by Gasteiger charge is -2.23. The minimum Gasteiger partial charge on any atom is -0.439 e. The highest BCUT2D eigenvalue weighted by Gasteiger charge is 2.34. The van der Waals surface area contributed by atoms with Crippen molar-refractivity contribution < 1.29 is 32.3 Å². The number of nitrogens with zero attached hydrogens (tertiary/aromatic N) is 1. The molecule has 1 N–H and O–H groups in total. The number of imide groups is 1. The van der Waals surface area contributed by atoms with Gasteiger partial charge in [-0.15, -0.1) is 0 Å². The highest BCUT2D eigenvalue weighted by atomic mass is 19.4. The standard InChI is InChI=1S/C19H15F3N2O4/c20-19(21,22)14-8-4-7-13(9-14)17(26)23-15(12-5-2-1-3-6-12)10-24-16(25)11-28-18(24)27/h1-9,15H,10-11H2,(H,23,26). The zero-order valence-corrected chi connectivity index (χ0v) is 14.4. The molecule has 1 unspecified atom stereocenters. The lowest BCUT2D eigenvalue weighted by molar-refractivity contribution is -0.137. The van der Waals surface area contributed by atoms with Crippen molar-refractivity contribution in [2.24, 2.45) is 0 Å². The number of nitrogens with one attached hydrogen (secondary N) is 1. The van der Waals surface area contributed by atoms with Gasteiger partial charge in [0.1, 0.15) is 0 Å². The quantitative estimate of drug-likeness (QED) is 0.848. The van der Waals surface area contributed by atoms with Crippen LogP contribution in [0.5, 0.6) is 0 Å². The summed E-state index contributed by atoms with van der Waals surface area (Å²) in [5, 5.41) is 2.59. The van der Waals surface area contributed by atoms with E-state index >= 15 is 0 Å². The Balaban J connectivity index is 1.84. The predicted molar refractivity (Wildman–Crippen MR) is 91.2 cm³/mol. The Morgan fingerprint density at radius 1 is 1.11 bits per heavy atom. The number of carbonyl (C=O) groups excluding carboxylic acids is 3. The van der Waals surface area contributed by atoms with E-state index in [4.69, 9.17) is 0 Å². The molecule has 28 heavy (non-hydrogen) atoms. The molecule has 1 atom stereocenters. The number of hydrogen-bond donors (Lipinski definition) is 1. The average Bonchev–Trinajstić information content (AvgIpc) is 2.99. The summed E-state index contributed by atoms with van der Waals surface area (Å²) in [4.78, 5) is 36.9. The van der Waals surface area contributed by atoms with Crippen molar-refractivity contribution in [2.45, 2.75) is 12.2 Å². The third kappa shape index (κ3) is 4.30. The monoisotopic (exact) mass is 392 g/mol. The molecule has 1 heterocycles. The molecule has 0 spiro atoms. The molecule has 1 fully saturated rings. The molecule has 1 aliphatic rings. The van der Waals surface area contributed by atoms with Gasteiger partial charge in [0.25, 0.3) is 11.8 Å². The molecule has 0 aliphatic carbocycles. The maximum Gasteiger partial charge on any atom is 0.417 e. The number of rotatable bonds is 5. The van der Waals surface area contributed by atoms with Crippen molar-refractivity contribution in [3.05, 3.63) is 71.3 Å². The van der Waals surface area contributed by atoms with E-state index in [1.165, 1.54) is 6.07 Å². The zero-order valence-electron chi connectivity index (χ0n) is 14.4. The maximum absolute atomic E-state index is 12.9. The number of benzene rings is 2. The average molecular weight is 392 g/mol. The number of hydrogen-bond acceptors (Lipinski definition) is 4. The molecule has 9 heteroatoms. The lowest BCUT2D eigenvalue weighted by Crippen LogP contribution is -2.40. The second-order valence-electron chi connectivity index (χ2n) is 6.07. The first-order chi connectivity index (χ1) is 13.3.